The number of nitrogens with one attached hydrogen (secondary N) is 1. The highest BCUT2D eigenvalue weighted by Gasteiger charge is 2.25. The van der Waals surface area contributed by atoms with E-state index < -0.39 is 22.2 Å². The molecule has 1 unspecified atom stereocenters. The minimum absolute atomic E-state index is 0.301. The van der Waals surface area contributed by atoms with Crippen LogP contribution in [-0.2, 0) is 15.0 Å². The van der Waals surface area contributed by atoms with Crippen LogP contribution in [-0.4, -0.2) is 43.4 Å². The van der Waals surface area contributed by atoms with Crippen LogP contribution in [0.2, 0.25) is 0 Å². The molecule has 0 aliphatic carbocycles. The van der Waals surface area contributed by atoms with Crippen molar-refractivity contribution in [1.82, 2.24) is 9.03 Å². The Hall–Kier alpha value is -0.660. The summed E-state index contributed by atoms with van der Waals surface area (Å²) in [5.41, 5.74) is 0. The third-order valence-electron chi connectivity index (χ3n) is 2.29. The maximum absolute atomic E-state index is 11.6. The number of carboxylic acid groups (broad SMARTS) is 1. The van der Waals surface area contributed by atoms with Gasteiger partial charge >= 0.3 is 5.97 Å². The van der Waals surface area contributed by atoms with E-state index in [2.05, 4.69) is 4.72 Å². The second-order valence-corrected chi connectivity index (χ2v) is 5.38. The van der Waals surface area contributed by atoms with Crippen LogP contribution in [0.15, 0.2) is 0 Å². The van der Waals surface area contributed by atoms with Gasteiger partial charge in [0.15, 0.2) is 0 Å². The Morgan fingerprint density at radius 1 is 1.44 bits per heavy atom. The van der Waals surface area contributed by atoms with Gasteiger partial charge in [-0.1, -0.05) is 26.7 Å². The average Bonchev–Trinajstić information content (AvgIpc) is 2.22. The van der Waals surface area contributed by atoms with E-state index in [0.717, 1.165) is 10.7 Å². The molecule has 0 aromatic rings. The third-order valence-corrected chi connectivity index (χ3v) is 3.95. The summed E-state index contributed by atoms with van der Waals surface area (Å²) in [6.45, 7) is 3.90. The predicted octanol–water partition coefficient (Wildman–Crippen LogP) is 0.416. The zero-order valence-electron chi connectivity index (χ0n) is 9.93. The van der Waals surface area contributed by atoms with Crippen LogP contribution >= 0.6 is 0 Å². The summed E-state index contributed by atoms with van der Waals surface area (Å²) in [6.07, 6.45) is 1.81. The molecule has 0 radical (unpaired) electrons. The van der Waals surface area contributed by atoms with Gasteiger partial charge in [-0.05, 0) is 6.42 Å². The van der Waals surface area contributed by atoms with E-state index in [4.69, 9.17) is 5.11 Å². The van der Waals surface area contributed by atoms with Crippen LogP contribution in [0.25, 0.3) is 0 Å². The van der Waals surface area contributed by atoms with Gasteiger partial charge < -0.3 is 5.11 Å². The average molecular weight is 252 g/mol. The molecule has 16 heavy (non-hydrogen) atoms. The molecule has 0 saturated heterocycles. The van der Waals surface area contributed by atoms with Gasteiger partial charge in [0.2, 0.25) is 0 Å². The Labute approximate surface area is 96.8 Å². The van der Waals surface area contributed by atoms with Crippen molar-refractivity contribution in [2.24, 2.45) is 0 Å². The van der Waals surface area contributed by atoms with E-state index in [9.17, 15) is 13.2 Å². The van der Waals surface area contributed by atoms with Crippen molar-refractivity contribution in [3.8, 4) is 0 Å². The van der Waals surface area contributed by atoms with Gasteiger partial charge in [-0.15, -0.1) is 0 Å². The zero-order valence-corrected chi connectivity index (χ0v) is 10.7. The van der Waals surface area contributed by atoms with Crippen molar-refractivity contribution in [1.29, 1.82) is 0 Å². The lowest BCUT2D eigenvalue weighted by Gasteiger charge is -2.19. The third kappa shape index (κ3) is 4.91. The summed E-state index contributed by atoms with van der Waals surface area (Å²) < 4.78 is 26.4. The van der Waals surface area contributed by atoms with Gasteiger partial charge in [0.05, 0.1) is 0 Å². The highest BCUT2D eigenvalue weighted by Crippen LogP contribution is 2.04. The first-order valence-corrected chi connectivity index (χ1v) is 6.75. The van der Waals surface area contributed by atoms with Gasteiger partial charge in [-0.25, -0.2) is 0 Å². The molecule has 0 aliphatic rings. The topological polar surface area (TPSA) is 86.7 Å². The number of rotatable bonds is 8. The van der Waals surface area contributed by atoms with Gasteiger partial charge in [-0.2, -0.15) is 17.4 Å². The van der Waals surface area contributed by atoms with Crippen LogP contribution in [0.5, 0.6) is 0 Å². The molecule has 0 aromatic heterocycles. The number of nitrogens with zero attached hydrogens (tertiary/aromatic N) is 1. The number of unbranched alkanes of at least 4 members (excludes halogenated alkanes) is 1. The molecule has 0 heterocycles. The number of carboxylic acids is 1. The number of hydrogen-bond acceptors (Lipinski definition) is 3. The lowest BCUT2D eigenvalue weighted by atomic mass is 10.1. The fourth-order valence-electron chi connectivity index (χ4n) is 1.08. The molecule has 96 valence electrons. The van der Waals surface area contributed by atoms with Gasteiger partial charge in [-0.3, -0.25) is 4.79 Å². The molecular weight excluding hydrogens is 232 g/mol. The number of carbonyl (C=O) groups is 1. The highest BCUT2D eigenvalue weighted by atomic mass is 32.2. The SMILES string of the molecule is CCCCC(NS(=O)(=O)N(C)CC)C(=O)O. The summed E-state index contributed by atoms with van der Waals surface area (Å²) in [7, 11) is -2.28. The Morgan fingerprint density at radius 2 is 2.00 bits per heavy atom. The Balaban J connectivity index is 4.56. The van der Waals surface area contributed by atoms with Crippen molar-refractivity contribution in [2.45, 2.75) is 39.2 Å². The minimum atomic E-state index is -3.68. The fourth-order valence-corrected chi connectivity index (χ4v) is 2.18. The van der Waals surface area contributed by atoms with Crippen LogP contribution in [0.4, 0.5) is 0 Å². The summed E-state index contributed by atoms with van der Waals surface area (Å²) in [4.78, 5) is 10.8. The molecular formula is C9H20N2O4S. The molecule has 0 aromatic carbocycles. The normalized spacial score (nSPS) is 14.0. The lowest BCUT2D eigenvalue weighted by molar-refractivity contribution is -0.139. The van der Waals surface area contributed by atoms with Crippen molar-refractivity contribution in [2.75, 3.05) is 13.6 Å². The second kappa shape index (κ2) is 6.82. The highest BCUT2D eigenvalue weighted by molar-refractivity contribution is 7.87. The van der Waals surface area contributed by atoms with E-state index in [-0.39, 0.29) is 0 Å². The molecule has 6 nitrogen and oxygen atoms in total. The molecule has 0 rings (SSSR count). The van der Waals surface area contributed by atoms with Gasteiger partial charge in [0, 0.05) is 13.6 Å². The first kappa shape index (κ1) is 15.3. The van der Waals surface area contributed by atoms with E-state index in [0.29, 0.717) is 19.4 Å². The predicted molar refractivity (Wildman–Crippen MR) is 61.3 cm³/mol. The standard InChI is InChI=1S/C9H20N2O4S/c1-4-6-7-8(9(12)13)10-16(14,15)11(3)5-2/h8,10H,4-7H2,1-3H3,(H,12,13). The Morgan fingerprint density at radius 3 is 2.38 bits per heavy atom. The van der Waals surface area contributed by atoms with Gasteiger partial charge in [0.1, 0.15) is 6.04 Å². The summed E-state index contributed by atoms with van der Waals surface area (Å²) in [6, 6.07) is -1.04. The molecule has 0 bridgehead atoms. The van der Waals surface area contributed by atoms with Crippen molar-refractivity contribution >= 4 is 16.2 Å². The molecule has 0 amide bonds. The summed E-state index contributed by atoms with van der Waals surface area (Å²) in [5.74, 6) is -1.14. The smallest absolute Gasteiger partial charge is 0.321 e. The largest absolute Gasteiger partial charge is 0.480 e. The maximum atomic E-state index is 11.6. The molecule has 0 fully saturated rings. The van der Waals surface area contributed by atoms with Crippen molar-refractivity contribution in [3.05, 3.63) is 0 Å². The Kier molecular flexibility index (Phi) is 6.54. The zero-order chi connectivity index (χ0) is 12.8. The first-order chi connectivity index (χ1) is 7.35. The van der Waals surface area contributed by atoms with E-state index >= 15 is 0 Å². The summed E-state index contributed by atoms with van der Waals surface area (Å²) in [5, 5.41) is 8.87. The second-order valence-electron chi connectivity index (χ2n) is 3.57. The monoisotopic (exact) mass is 252 g/mol. The molecule has 0 aliphatic heterocycles. The van der Waals surface area contributed by atoms with Crippen LogP contribution < -0.4 is 4.72 Å². The van der Waals surface area contributed by atoms with E-state index in [1.165, 1.54) is 7.05 Å². The van der Waals surface area contributed by atoms with Crippen LogP contribution in [0, 0.1) is 0 Å². The van der Waals surface area contributed by atoms with Gasteiger partial charge in [0.25, 0.3) is 10.2 Å². The first-order valence-electron chi connectivity index (χ1n) is 5.31. The fraction of sp³-hybridized carbons (Fsp3) is 0.889. The van der Waals surface area contributed by atoms with Crippen LogP contribution in [0.3, 0.4) is 0 Å². The molecule has 2 N–H and O–H groups in total. The van der Waals surface area contributed by atoms with E-state index in [1.54, 1.807) is 6.92 Å². The number of aliphatic carboxylic acids is 1. The maximum Gasteiger partial charge on any atom is 0.321 e. The lowest BCUT2D eigenvalue weighted by Crippen LogP contribution is -2.46. The minimum Gasteiger partial charge on any atom is -0.480 e. The molecule has 7 heteroatoms. The van der Waals surface area contributed by atoms with Crippen LogP contribution in [0.1, 0.15) is 33.1 Å². The van der Waals surface area contributed by atoms with E-state index in [1.807, 2.05) is 6.92 Å². The molecule has 0 saturated carbocycles. The Bertz CT molecular complexity index is 315. The molecule has 1 atom stereocenters. The summed E-state index contributed by atoms with van der Waals surface area (Å²) >= 11 is 0. The number of hydrogen-bond donors (Lipinski definition) is 2. The molecule has 0 spiro atoms. The van der Waals surface area contributed by atoms with Crippen molar-refractivity contribution in [3.63, 3.8) is 0 Å². The quantitative estimate of drug-likeness (QED) is 0.655. The van der Waals surface area contributed by atoms with Crippen molar-refractivity contribution < 1.29 is 18.3 Å².